The van der Waals surface area contributed by atoms with Gasteiger partial charge in [-0.1, -0.05) is 11.6 Å². The number of methoxy groups -OCH3 is 1. The van der Waals surface area contributed by atoms with Gasteiger partial charge in [0.05, 0.1) is 10.6 Å². The second kappa shape index (κ2) is 4.23. The van der Waals surface area contributed by atoms with Gasteiger partial charge in [0.15, 0.2) is 6.29 Å². The van der Waals surface area contributed by atoms with E-state index < -0.39 is 0 Å². The lowest BCUT2D eigenvalue weighted by Gasteiger charge is -2.03. The highest BCUT2D eigenvalue weighted by Crippen LogP contribution is 2.28. The van der Waals surface area contributed by atoms with Crippen molar-refractivity contribution >= 4 is 28.9 Å². The highest BCUT2D eigenvalue weighted by molar-refractivity contribution is 6.37. The number of rotatable bonds is 3. The second-order valence-corrected chi connectivity index (χ2v) is 3.92. The van der Waals surface area contributed by atoms with Crippen molar-refractivity contribution in [2.24, 2.45) is 0 Å². The standard InChI is InChI=1S/C11H11ClN2O2/c1-7-4-14(6-16-2)11-9(7)10(12)8(5-15)3-13-11/h3-5H,6H2,1-2H3. The molecule has 0 spiro atoms. The van der Waals surface area contributed by atoms with Gasteiger partial charge in [-0.15, -0.1) is 0 Å². The lowest BCUT2D eigenvalue weighted by atomic mass is 10.2. The molecule has 2 aromatic heterocycles. The molecular weight excluding hydrogens is 228 g/mol. The Morgan fingerprint density at radius 3 is 3.00 bits per heavy atom. The Labute approximate surface area is 97.8 Å². The summed E-state index contributed by atoms with van der Waals surface area (Å²) in [5.74, 6) is 0. The van der Waals surface area contributed by atoms with Crippen LogP contribution < -0.4 is 0 Å². The van der Waals surface area contributed by atoms with Crippen molar-refractivity contribution < 1.29 is 9.53 Å². The molecule has 0 aromatic carbocycles. The third kappa shape index (κ3) is 1.60. The Kier molecular flexibility index (Phi) is 2.94. The zero-order chi connectivity index (χ0) is 11.7. The van der Waals surface area contributed by atoms with Crippen LogP contribution in [0.5, 0.6) is 0 Å². The normalized spacial score (nSPS) is 10.9. The average molecular weight is 239 g/mol. The van der Waals surface area contributed by atoms with Gasteiger partial charge in [-0.25, -0.2) is 4.98 Å². The van der Waals surface area contributed by atoms with Gasteiger partial charge in [0.25, 0.3) is 0 Å². The molecule has 0 aliphatic carbocycles. The molecule has 2 rings (SSSR count). The number of pyridine rings is 1. The minimum Gasteiger partial charge on any atom is -0.364 e. The van der Waals surface area contributed by atoms with Crippen LogP contribution in [0.25, 0.3) is 11.0 Å². The summed E-state index contributed by atoms with van der Waals surface area (Å²) >= 11 is 6.14. The molecular formula is C11H11ClN2O2. The molecule has 0 unspecified atom stereocenters. The van der Waals surface area contributed by atoms with Crippen LogP contribution >= 0.6 is 11.6 Å². The summed E-state index contributed by atoms with van der Waals surface area (Å²) in [6, 6.07) is 0. The third-order valence-electron chi connectivity index (χ3n) is 2.43. The van der Waals surface area contributed by atoms with E-state index in [9.17, 15) is 4.79 Å². The molecule has 2 heterocycles. The van der Waals surface area contributed by atoms with E-state index in [0.29, 0.717) is 23.6 Å². The molecule has 0 aliphatic heterocycles. The molecule has 0 radical (unpaired) electrons. The van der Waals surface area contributed by atoms with Crippen molar-refractivity contribution in [3.05, 3.63) is 28.5 Å². The van der Waals surface area contributed by atoms with Crippen LogP contribution in [0.2, 0.25) is 5.02 Å². The van der Waals surface area contributed by atoms with E-state index in [1.54, 1.807) is 7.11 Å². The number of hydrogen-bond donors (Lipinski definition) is 0. The van der Waals surface area contributed by atoms with E-state index in [1.807, 2.05) is 17.7 Å². The Balaban J connectivity index is 2.75. The van der Waals surface area contributed by atoms with Crippen molar-refractivity contribution in [1.82, 2.24) is 9.55 Å². The topological polar surface area (TPSA) is 44.1 Å². The largest absolute Gasteiger partial charge is 0.364 e. The molecule has 0 aliphatic rings. The van der Waals surface area contributed by atoms with Crippen LogP contribution in [0.3, 0.4) is 0 Å². The van der Waals surface area contributed by atoms with Gasteiger partial charge >= 0.3 is 0 Å². The van der Waals surface area contributed by atoms with Crippen LogP contribution in [0.1, 0.15) is 15.9 Å². The maximum atomic E-state index is 10.8. The fraction of sp³-hybridized carbons (Fsp3) is 0.273. The first-order valence-corrected chi connectivity index (χ1v) is 5.15. The number of carbonyl (C=O) groups excluding carboxylic acids is 1. The summed E-state index contributed by atoms with van der Waals surface area (Å²) in [6.45, 7) is 2.34. The molecule has 84 valence electrons. The van der Waals surface area contributed by atoms with E-state index >= 15 is 0 Å². The van der Waals surface area contributed by atoms with E-state index in [-0.39, 0.29) is 0 Å². The molecule has 0 fully saturated rings. The lowest BCUT2D eigenvalue weighted by Crippen LogP contribution is -1.99. The number of fused-ring (bicyclic) bond motifs is 1. The monoisotopic (exact) mass is 238 g/mol. The number of halogens is 1. The predicted octanol–water partition coefficient (Wildman–Crippen LogP) is 2.41. The van der Waals surface area contributed by atoms with Gasteiger partial charge in [0, 0.05) is 24.9 Å². The molecule has 0 amide bonds. The summed E-state index contributed by atoms with van der Waals surface area (Å²) in [5, 5.41) is 1.26. The highest BCUT2D eigenvalue weighted by Gasteiger charge is 2.13. The number of aryl methyl sites for hydroxylation is 1. The van der Waals surface area contributed by atoms with Gasteiger partial charge in [0.2, 0.25) is 0 Å². The fourth-order valence-corrected chi connectivity index (χ4v) is 2.07. The van der Waals surface area contributed by atoms with Crippen LogP contribution in [0.15, 0.2) is 12.4 Å². The summed E-state index contributed by atoms with van der Waals surface area (Å²) in [6.07, 6.45) is 4.09. The van der Waals surface area contributed by atoms with Crippen molar-refractivity contribution in [1.29, 1.82) is 0 Å². The lowest BCUT2D eigenvalue weighted by molar-refractivity contribution is 0.112. The van der Waals surface area contributed by atoms with Gasteiger partial charge in [-0.2, -0.15) is 0 Å². The first-order chi connectivity index (χ1) is 7.69. The summed E-state index contributed by atoms with van der Waals surface area (Å²) in [4.78, 5) is 15.0. The number of carbonyl (C=O) groups is 1. The Morgan fingerprint density at radius 2 is 2.38 bits per heavy atom. The van der Waals surface area contributed by atoms with Crippen molar-refractivity contribution in [3.63, 3.8) is 0 Å². The minimum absolute atomic E-state index is 0.410. The predicted molar refractivity (Wildman–Crippen MR) is 61.9 cm³/mol. The van der Waals surface area contributed by atoms with Gasteiger partial charge in [0.1, 0.15) is 12.4 Å². The van der Waals surface area contributed by atoms with E-state index in [4.69, 9.17) is 16.3 Å². The van der Waals surface area contributed by atoms with Crippen LogP contribution in [-0.4, -0.2) is 22.9 Å². The fourth-order valence-electron chi connectivity index (χ4n) is 1.74. The van der Waals surface area contributed by atoms with Crippen molar-refractivity contribution in [2.45, 2.75) is 13.7 Å². The number of hydrogen-bond acceptors (Lipinski definition) is 3. The van der Waals surface area contributed by atoms with Crippen LogP contribution in [0, 0.1) is 6.92 Å². The Morgan fingerprint density at radius 1 is 1.62 bits per heavy atom. The molecule has 0 saturated heterocycles. The van der Waals surface area contributed by atoms with Crippen LogP contribution in [0.4, 0.5) is 0 Å². The third-order valence-corrected chi connectivity index (χ3v) is 2.84. The first kappa shape index (κ1) is 11.1. The van der Waals surface area contributed by atoms with Crippen molar-refractivity contribution in [2.75, 3.05) is 7.11 Å². The number of nitrogens with zero attached hydrogens (tertiary/aromatic N) is 2. The molecule has 5 heteroatoms. The maximum Gasteiger partial charge on any atom is 0.153 e. The Hall–Kier alpha value is -1.39. The average Bonchev–Trinajstić information content (AvgIpc) is 2.58. The van der Waals surface area contributed by atoms with Crippen LogP contribution in [-0.2, 0) is 11.5 Å². The van der Waals surface area contributed by atoms with Gasteiger partial charge in [-0.05, 0) is 12.5 Å². The summed E-state index contributed by atoms with van der Waals surface area (Å²) in [7, 11) is 1.61. The second-order valence-electron chi connectivity index (χ2n) is 3.54. The first-order valence-electron chi connectivity index (χ1n) is 4.77. The minimum atomic E-state index is 0.410. The van der Waals surface area contributed by atoms with Gasteiger partial charge < -0.3 is 9.30 Å². The maximum absolute atomic E-state index is 10.8. The zero-order valence-corrected chi connectivity index (χ0v) is 9.78. The number of aromatic nitrogens is 2. The van der Waals surface area contributed by atoms with E-state index in [2.05, 4.69) is 4.98 Å². The molecule has 0 saturated carbocycles. The smallest absolute Gasteiger partial charge is 0.153 e. The number of ether oxygens (including phenoxy) is 1. The molecule has 4 nitrogen and oxygen atoms in total. The quantitative estimate of drug-likeness (QED) is 0.772. The van der Waals surface area contributed by atoms with E-state index in [0.717, 1.165) is 16.6 Å². The Bertz CT molecular complexity index is 548. The molecule has 0 atom stereocenters. The zero-order valence-electron chi connectivity index (χ0n) is 9.03. The molecule has 0 bridgehead atoms. The molecule has 2 aromatic rings. The summed E-state index contributed by atoms with van der Waals surface area (Å²) < 4.78 is 6.91. The molecule has 0 N–H and O–H groups in total. The molecule has 16 heavy (non-hydrogen) atoms. The van der Waals surface area contributed by atoms with Gasteiger partial charge in [-0.3, -0.25) is 4.79 Å². The number of aldehydes is 1. The summed E-state index contributed by atoms with van der Waals surface area (Å²) in [5.41, 5.74) is 2.12. The SMILES string of the molecule is COCn1cc(C)c2c(Cl)c(C=O)cnc21. The van der Waals surface area contributed by atoms with Crippen molar-refractivity contribution in [3.8, 4) is 0 Å². The highest BCUT2D eigenvalue weighted by atomic mass is 35.5. The van der Waals surface area contributed by atoms with E-state index in [1.165, 1.54) is 6.20 Å².